The van der Waals surface area contributed by atoms with Gasteiger partial charge in [-0.2, -0.15) is 8.42 Å². The van der Waals surface area contributed by atoms with Gasteiger partial charge in [-0.25, -0.2) is 0 Å². The van der Waals surface area contributed by atoms with Gasteiger partial charge in [-0.3, -0.25) is 4.55 Å². The van der Waals surface area contributed by atoms with Gasteiger partial charge in [-0.1, -0.05) is 47.5 Å². The summed E-state index contributed by atoms with van der Waals surface area (Å²) >= 11 is 0. The average Bonchev–Trinajstić information content (AvgIpc) is 3.04. The van der Waals surface area contributed by atoms with Gasteiger partial charge in [0.2, 0.25) is 0 Å². The van der Waals surface area contributed by atoms with E-state index in [0.29, 0.717) is 47.3 Å². The Morgan fingerprint density at radius 2 is 1.65 bits per heavy atom. The van der Waals surface area contributed by atoms with Crippen LogP contribution >= 0.6 is 0 Å². The lowest BCUT2D eigenvalue weighted by Crippen LogP contribution is -2.61. The predicted molar refractivity (Wildman–Crippen MR) is 125 cm³/mol. The molecule has 4 aliphatic carbocycles. The number of rotatable bonds is 5. The van der Waals surface area contributed by atoms with Crippen molar-refractivity contribution in [1.29, 1.82) is 0 Å². The fourth-order valence-electron chi connectivity index (χ4n) is 9.69. The minimum atomic E-state index is -3.90. The van der Waals surface area contributed by atoms with Crippen molar-refractivity contribution in [3.05, 3.63) is 0 Å². The predicted octanol–water partition coefficient (Wildman–Crippen LogP) is 5.80. The summed E-state index contributed by atoms with van der Waals surface area (Å²) in [5.41, 5.74) is 0.553. The molecule has 31 heavy (non-hydrogen) atoms. The van der Waals surface area contributed by atoms with E-state index in [4.69, 9.17) is 0 Å². The molecule has 4 saturated carbocycles. The Hall–Kier alpha value is -0.130. The van der Waals surface area contributed by atoms with Gasteiger partial charge >= 0.3 is 0 Å². The van der Waals surface area contributed by atoms with E-state index in [1.165, 1.54) is 38.5 Å². The maximum absolute atomic E-state index is 11.8. The lowest BCUT2D eigenvalue weighted by molar-refractivity contribution is -0.198. The largest absolute Gasteiger partial charge is 0.393 e. The third-order valence-corrected chi connectivity index (χ3v) is 12.0. The van der Waals surface area contributed by atoms with Crippen LogP contribution in [0.2, 0.25) is 0 Å². The summed E-state index contributed by atoms with van der Waals surface area (Å²) in [6.45, 7) is 11.9. The van der Waals surface area contributed by atoms with Crippen LogP contribution in [-0.4, -0.2) is 29.9 Å². The summed E-state index contributed by atoms with van der Waals surface area (Å²) in [7, 11) is -3.90. The maximum atomic E-state index is 11.8. The van der Waals surface area contributed by atoms with Gasteiger partial charge in [0.05, 0.1) is 11.9 Å². The second-order valence-corrected chi connectivity index (χ2v) is 14.2. The van der Waals surface area contributed by atoms with E-state index in [9.17, 15) is 18.1 Å². The monoisotopic (exact) mass is 454 g/mol. The fourth-order valence-corrected chi connectivity index (χ4v) is 10.4. The van der Waals surface area contributed by atoms with Crippen molar-refractivity contribution in [1.82, 2.24) is 0 Å². The van der Waals surface area contributed by atoms with E-state index in [1.807, 2.05) is 0 Å². The normalized spacial score (nSPS) is 50.9. The Kier molecular flexibility index (Phi) is 6.40. The first kappa shape index (κ1) is 24.0. The Morgan fingerprint density at radius 1 is 1.00 bits per heavy atom. The van der Waals surface area contributed by atoms with E-state index in [2.05, 4.69) is 34.6 Å². The smallest absolute Gasteiger partial charge is 0.264 e. The Morgan fingerprint density at radius 3 is 2.29 bits per heavy atom. The van der Waals surface area contributed by atoms with Crippen LogP contribution in [0.1, 0.15) is 92.4 Å². The van der Waals surface area contributed by atoms with Crippen LogP contribution in [0.4, 0.5) is 0 Å². The van der Waals surface area contributed by atoms with Crippen molar-refractivity contribution in [2.24, 2.45) is 58.2 Å². The van der Waals surface area contributed by atoms with Crippen molar-refractivity contribution in [2.45, 2.75) is 98.5 Å². The zero-order valence-electron chi connectivity index (χ0n) is 20.4. The standard InChI is InChI=1S/C26H46O4S/c1-6-18-22-15-16(2)9-12-26(22,5)21-10-13-25(4)19(17(3)11-14-31(28,29)30)7-8-20(25)23(21)24(18)27/h16-24,27H,6-15H2,1-5H3,(H,28,29,30)/t16-,17-,18-,19?,20?,21?,22+,23?,24-,25-,26-/m1/s1. The van der Waals surface area contributed by atoms with Crippen LogP contribution in [0.15, 0.2) is 0 Å². The van der Waals surface area contributed by atoms with Gasteiger partial charge in [0, 0.05) is 0 Å². The maximum Gasteiger partial charge on any atom is 0.264 e. The Balaban J connectivity index is 1.61. The molecule has 0 radical (unpaired) electrons. The zero-order chi connectivity index (χ0) is 22.8. The SMILES string of the molecule is CC[C@H]1[C@@H](O)C2C3CCC([C@H](C)CCS(=O)(=O)O)[C@@]3(C)CCC2[C@@]2(C)CC[C@@H](C)C[C@@H]12. The van der Waals surface area contributed by atoms with Crippen LogP contribution in [-0.2, 0) is 10.1 Å². The molecule has 4 unspecified atom stereocenters. The molecule has 0 saturated heterocycles. The van der Waals surface area contributed by atoms with Crippen LogP contribution in [0.25, 0.3) is 0 Å². The zero-order valence-corrected chi connectivity index (χ0v) is 21.2. The van der Waals surface area contributed by atoms with Crippen molar-refractivity contribution in [2.75, 3.05) is 5.75 Å². The molecule has 4 fully saturated rings. The molecule has 2 N–H and O–H groups in total. The fraction of sp³-hybridized carbons (Fsp3) is 1.00. The van der Waals surface area contributed by atoms with E-state index in [-0.39, 0.29) is 23.2 Å². The van der Waals surface area contributed by atoms with E-state index in [1.54, 1.807) is 0 Å². The highest BCUT2D eigenvalue weighted by molar-refractivity contribution is 7.85. The summed E-state index contributed by atoms with van der Waals surface area (Å²) in [4.78, 5) is 0. The first-order valence-corrected chi connectivity index (χ1v) is 14.7. The molecule has 180 valence electrons. The summed E-state index contributed by atoms with van der Waals surface area (Å²) in [6, 6.07) is 0. The molecule has 5 heteroatoms. The first-order chi connectivity index (χ1) is 14.4. The highest BCUT2D eigenvalue weighted by Gasteiger charge is 2.64. The highest BCUT2D eigenvalue weighted by Crippen LogP contribution is 2.69. The van der Waals surface area contributed by atoms with Gasteiger partial charge in [-0.05, 0) is 103 Å². The van der Waals surface area contributed by atoms with E-state index in [0.717, 1.165) is 18.8 Å². The van der Waals surface area contributed by atoms with Gasteiger partial charge in [0.1, 0.15) is 0 Å². The number of aliphatic hydroxyl groups excluding tert-OH is 1. The first-order valence-electron chi connectivity index (χ1n) is 13.1. The van der Waals surface area contributed by atoms with Gasteiger partial charge in [0.15, 0.2) is 0 Å². The Bertz CT molecular complexity index is 765. The highest BCUT2D eigenvalue weighted by atomic mass is 32.2. The summed E-state index contributed by atoms with van der Waals surface area (Å²) < 4.78 is 31.9. The van der Waals surface area contributed by atoms with Gasteiger partial charge in [-0.15, -0.1) is 0 Å². The molecule has 0 aromatic rings. The molecular weight excluding hydrogens is 408 g/mol. The molecule has 0 heterocycles. The number of aliphatic hydroxyl groups is 1. The van der Waals surface area contributed by atoms with Gasteiger partial charge in [0.25, 0.3) is 10.1 Å². The molecule has 4 aliphatic rings. The van der Waals surface area contributed by atoms with Crippen molar-refractivity contribution >= 4 is 10.1 Å². The van der Waals surface area contributed by atoms with E-state index >= 15 is 0 Å². The summed E-state index contributed by atoms with van der Waals surface area (Å²) in [5, 5.41) is 11.8. The second kappa shape index (κ2) is 8.27. The average molecular weight is 455 g/mol. The lowest BCUT2D eigenvalue weighted by atomic mass is 9.41. The summed E-state index contributed by atoms with van der Waals surface area (Å²) in [5.74, 6) is 4.09. The van der Waals surface area contributed by atoms with Gasteiger partial charge < -0.3 is 5.11 Å². The van der Waals surface area contributed by atoms with Crippen molar-refractivity contribution in [3.8, 4) is 0 Å². The molecule has 11 atom stereocenters. The van der Waals surface area contributed by atoms with Crippen LogP contribution in [0.3, 0.4) is 0 Å². The molecule has 4 rings (SSSR count). The quantitative estimate of drug-likeness (QED) is 0.515. The number of hydrogen-bond donors (Lipinski definition) is 2. The third kappa shape index (κ3) is 3.93. The molecule has 0 bridgehead atoms. The third-order valence-electron chi connectivity index (χ3n) is 11.3. The van der Waals surface area contributed by atoms with Crippen LogP contribution in [0.5, 0.6) is 0 Å². The molecule has 4 nitrogen and oxygen atoms in total. The summed E-state index contributed by atoms with van der Waals surface area (Å²) in [6.07, 6.45) is 10.1. The Labute approximate surface area is 190 Å². The second-order valence-electron chi connectivity index (χ2n) is 12.6. The number of hydrogen-bond acceptors (Lipinski definition) is 3. The lowest BCUT2D eigenvalue weighted by Gasteiger charge is -2.65. The molecular formula is C26H46O4S. The molecule has 0 amide bonds. The number of fused-ring (bicyclic) bond motifs is 5. The molecule has 0 spiro atoms. The topological polar surface area (TPSA) is 74.6 Å². The van der Waals surface area contributed by atoms with E-state index < -0.39 is 10.1 Å². The molecule has 0 aliphatic heterocycles. The minimum Gasteiger partial charge on any atom is -0.393 e. The minimum absolute atomic E-state index is 0.129. The molecule has 0 aromatic carbocycles. The molecule has 0 aromatic heterocycles. The van der Waals surface area contributed by atoms with Crippen molar-refractivity contribution in [3.63, 3.8) is 0 Å². The van der Waals surface area contributed by atoms with Crippen molar-refractivity contribution < 1.29 is 18.1 Å². The van der Waals surface area contributed by atoms with Crippen LogP contribution in [0, 0.1) is 58.2 Å². The van der Waals surface area contributed by atoms with Crippen LogP contribution < -0.4 is 0 Å².